The van der Waals surface area contributed by atoms with Gasteiger partial charge in [-0.2, -0.15) is 0 Å². The maximum Gasteiger partial charge on any atom is 0.272 e. The average Bonchev–Trinajstić information content (AvgIpc) is 2.78. The fraction of sp³-hybridized carbons (Fsp3) is 0.0435. The summed E-state index contributed by atoms with van der Waals surface area (Å²) in [6.45, 7) is 0. The van der Waals surface area contributed by atoms with Crippen LogP contribution in [0.25, 0.3) is 6.08 Å². The highest BCUT2D eigenvalue weighted by atomic mass is 35.5. The Morgan fingerprint density at radius 3 is 2.24 bits per heavy atom. The topological polar surface area (TPSA) is 111 Å². The maximum absolute atomic E-state index is 13.0. The fourth-order valence-electron chi connectivity index (χ4n) is 2.86. The van der Waals surface area contributed by atoms with Crippen molar-refractivity contribution in [3.63, 3.8) is 0 Å². The Morgan fingerprint density at radius 2 is 1.64 bits per heavy atom. The summed E-state index contributed by atoms with van der Waals surface area (Å²) >= 11 is 12.0. The smallest absolute Gasteiger partial charge is 0.272 e. The number of para-hydroxylation sites is 1. The van der Waals surface area contributed by atoms with E-state index in [4.69, 9.17) is 27.9 Å². The highest BCUT2D eigenvalue weighted by Gasteiger charge is 2.18. The summed E-state index contributed by atoms with van der Waals surface area (Å²) in [6.07, 6.45) is 1.39. The number of ether oxygens (including phenoxy) is 1. The van der Waals surface area contributed by atoms with Gasteiger partial charge in [-0.1, -0.05) is 35.3 Å². The Bertz CT molecular complexity index is 1220. The van der Waals surface area contributed by atoms with Crippen LogP contribution in [-0.4, -0.2) is 23.8 Å². The molecule has 2 N–H and O–H groups in total. The van der Waals surface area contributed by atoms with Gasteiger partial charge in [0, 0.05) is 27.9 Å². The molecule has 0 radical (unpaired) electrons. The number of amides is 2. The molecule has 3 aromatic carbocycles. The van der Waals surface area contributed by atoms with Gasteiger partial charge >= 0.3 is 0 Å². The number of carbonyl (C=O) groups excluding carboxylic acids is 2. The number of methoxy groups -OCH3 is 1. The van der Waals surface area contributed by atoms with Gasteiger partial charge < -0.3 is 15.4 Å². The van der Waals surface area contributed by atoms with Crippen LogP contribution in [0, 0.1) is 10.1 Å². The van der Waals surface area contributed by atoms with E-state index >= 15 is 0 Å². The Labute approximate surface area is 198 Å². The number of non-ortho nitro benzene ring substituents is 1. The molecule has 0 aliphatic heterocycles. The molecule has 0 unspecified atom stereocenters. The summed E-state index contributed by atoms with van der Waals surface area (Å²) in [4.78, 5) is 36.3. The van der Waals surface area contributed by atoms with Crippen molar-refractivity contribution < 1.29 is 19.2 Å². The molecule has 0 spiro atoms. The highest BCUT2D eigenvalue weighted by Crippen LogP contribution is 2.23. The number of hydrogen-bond donors (Lipinski definition) is 2. The van der Waals surface area contributed by atoms with E-state index in [1.807, 2.05) is 0 Å². The Morgan fingerprint density at radius 1 is 1.00 bits per heavy atom. The lowest BCUT2D eigenvalue weighted by molar-refractivity contribution is -0.384. The molecule has 8 nitrogen and oxygen atoms in total. The first-order valence-corrected chi connectivity index (χ1v) is 10.2. The molecule has 0 atom stereocenters. The first-order chi connectivity index (χ1) is 15.8. The second-order valence-corrected chi connectivity index (χ2v) is 7.55. The molecule has 0 fully saturated rings. The summed E-state index contributed by atoms with van der Waals surface area (Å²) in [6, 6.07) is 16.5. The molecule has 33 heavy (non-hydrogen) atoms. The number of nitrogens with zero attached hydrogens (tertiary/aromatic N) is 1. The van der Waals surface area contributed by atoms with Crippen LogP contribution < -0.4 is 15.4 Å². The number of halogens is 2. The largest absolute Gasteiger partial charge is 0.496 e. The van der Waals surface area contributed by atoms with Gasteiger partial charge in [0.2, 0.25) is 0 Å². The van der Waals surface area contributed by atoms with Gasteiger partial charge in [-0.05, 0) is 54.1 Å². The van der Waals surface area contributed by atoms with E-state index < -0.39 is 16.7 Å². The molecular weight excluding hydrogens is 469 g/mol. The first-order valence-electron chi connectivity index (χ1n) is 9.45. The predicted molar refractivity (Wildman–Crippen MR) is 127 cm³/mol. The second kappa shape index (κ2) is 10.6. The van der Waals surface area contributed by atoms with Crippen molar-refractivity contribution in [2.24, 2.45) is 0 Å². The van der Waals surface area contributed by atoms with Gasteiger partial charge in [-0.25, -0.2) is 0 Å². The van der Waals surface area contributed by atoms with Crippen molar-refractivity contribution in [1.82, 2.24) is 5.32 Å². The zero-order valence-corrected chi connectivity index (χ0v) is 18.7. The van der Waals surface area contributed by atoms with Gasteiger partial charge in [0.05, 0.1) is 17.6 Å². The van der Waals surface area contributed by atoms with Gasteiger partial charge in [-0.15, -0.1) is 0 Å². The summed E-state index contributed by atoms with van der Waals surface area (Å²) in [5.74, 6) is -0.915. The van der Waals surface area contributed by atoms with E-state index in [2.05, 4.69) is 10.6 Å². The third-order valence-corrected chi connectivity index (χ3v) is 4.82. The summed E-state index contributed by atoms with van der Waals surface area (Å²) in [5, 5.41) is 16.7. The van der Waals surface area contributed by atoms with Crippen LogP contribution in [0.1, 0.15) is 15.9 Å². The van der Waals surface area contributed by atoms with Crippen LogP contribution >= 0.6 is 23.2 Å². The number of nitro benzene ring substituents is 1. The van der Waals surface area contributed by atoms with Gasteiger partial charge in [0.15, 0.2) is 0 Å². The van der Waals surface area contributed by atoms with Crippen LogP contribution in [0.15, 0.2) is 72.4 Å². The molecule has 0 saturated heterocycles. The van der Waals surface area contributed by atoms with Gasteiger partial charge in [-0.3, -0.25) is 19.7 Å². The SMILES string of the molecule is COc1ccccc1C(=O)N/C(=C\c1ccc([N+](=O)[O-])cc1)C(=O)Nc1cc(Cl)cc(Cl)c1. The number of anilines is 1. The Kier molecular flexibility index (Phi) is 7.66. The highest BCUT2D eigenvalue weighted by molar-refractivity contribution is 6.35. The molecule has 0 heterocycles. The number of carbonyl (C=O) groups is 2. The molecule has 0 aliphatic rings. The zero-order valence-electron chi connectivity index (χ0n) is 17.2. The lowest BCUT2D eigenvalue weighted by atomic mass is 10.1. The minimum Gasteiger partial charge on any atom is -0.496 e. The van der Waals surface area contributed by atoms with Crippen LogP contribution in [0.4, 0.5) is 11.4 Å². The molecule has 0 saturated carbocycles. The molecule has 0 aliphatic carbocycles. The number of nitrogens with one attached hydrogen (secondary N) is 2. The molecule has 3 aromatic rings. The minimum atomic E-state index is -0.657. The van der Waals surface area contributed by atoms with E-state index in [9.17, 15) is 19.7 Å². The molecule has 0 bridgehead atoms. The van der Waals surface area contributed by atoms with Crippen molar-refractivity contribution in [2.45, 2.75) is 0 Å². The van der Waals surface area contributed by atoms with Crippen molar-refractivity contribution in [3.8, 4) is 5.75 Å². The average molecular weight is 486 g/mol. The van der Waals surface area contributed by atoms with E-state index in [-0.39, 0.29) is 16.9 Å². The van der Waals surface area contributed by atoms with E-state index in [0.29, 0.717) is 27.0 Å². The Balaban J connectivity index is 1.95. The predicted octanol–water partition coefficient (Wildman–Crippen LogP) is 5.32. The lowest BCUT2D eigenvalue weighted by Gasteiger charge is -2.13. The third kappa shape index (κ3) is 6.31. The monoisotopic (exact) mass is 485 g/mol. The number of rotatable bonds is 7. The van der Waals surface area contributed by atoms with Crippen LogP contribution in [0.2, 0.25) is 10.0 Å². The van der Waals surface area contributed by atoms with Crippen LogP contribution in [0.5, 0.6) is 5.75 Å². The molecule has 10 heteroatoms. The molecule has 3 rings (SSSR count). The number of hydrogen-bond acceptors (Lipinski definition) is 5. The van der Waals surface area contributed by atoms with E-state index in [1.165, 1.54) is 55.7 Å². The second-order valence-electron chi connectivity index (χ2n) is 6.67. The normalized spacial score (nSPS) is 10.9. The fourth-order valence-corrected chi connectivity index (χ4v) is 3.39. The van der Waals surface area contributed by atoms with Crippen LogP contribution in [-0.2, 0) is 4.79 Å². The molecule has 168 valence electrons. The summed E-state index contributed by atoms with van der Waals surface area (Å²) < 4.78 is 5.21. The maximum atomic E-state index is 13.0. The first kappa shape index (κ1) is 23.8. The zero-order chi connectivity index (χ0) is 24.0. The standard InChI is InChI=1S/C23H17Cl2N3O5/c1-33-21-5-3-2-4-19(21)22(29)27-20(10-14-6-8-18(9-7-14)28(31)32)23(30)26-17-12-15(24)11-16(25)13-17/h2-13H,1H3,(H,26,30)(H,27,29)/b20-10-. The quantitative estimate of drug-likeness (QED) is 0.267. The van der Waals surface area contributed by atoms with Crippen molar-refractivity contribution in [3.05, 3.63) is 104 Å². The van der Waals surface area contributed by atoms with Gasteiger partial charge in [0.25, 0.3) is 17.5 Å². The van der Waals surface area contributed by atoms with E-state index in [0.717, 1.165) is 0 Å². The van der Waals surface area contributed by atoms with E-state index in [1.54, 1.807) is 24.3 Å². The molecule has 0 aromatic heterocycles. The van der Waals surface area contributed by atoms with Crippen LogP contribution in [0.3, 0.4) is 0 Å². The van der Waals surface area contributed by atoms with Crippen molar-refractivity contribution >= 4 is 52.5 Å². The number of benzene rings is 3. The lowest BCUT2D eigenvalue weighted by Crippen LogP contribution is -2.31. The third-order valence-electron chi connectivity index (χ3n) is 4.38. The molecule has 2 amide bonds. The number of nitro groups is 1. The minimum absolute atomic E-state index is 0.107. The van der Waals surface area contributed by atoms with Gasteiger partial charge in [0.1, 0.15) is 11.4 Å². The summed E-state index contributed by atoms with van der Waals surface area (Å²) in [5.41, 5.74) is 0.766. The van der Waals surface area contributed by atoms with Crippen molar-refractivity contribution in [2.75, 3.05) is 12.4 Å². The summed E-state index contributed by atoms with van der Waals surface area (Å²) in [7, 11) is 1.43. The Hall–Kier alpha value is -3.88. The molecular formula is C23H17Cl2N3O5. The van der Waals surface area contributed by atoms with Crippen molar-refractivity contribution in [1.29, 1.82) is 0 Å².